The number of amides is 2. The average molecular weight is 301 g/mol. The molecule has 0 saturated carbocycles. The molecule has 0 atom stereocenters. The summed E-state index contributed by atoms with van der Waals surface area (Å²) >= 11 is 0. The molecule has 1 aromatic heterocycles. The molecule has 0 bridgehead atoms. The highest BCUT2D eigenvalue weighted by Gasteiger charge is 2.10. The Bertz CT molecular complexity index is 655. The van der Waals surface area contributed by atoms with Crippen LogP contribution in [0.1, 0.15) is 27.2 Å². The van der Waals surface area contributed by atoms with Crippen molar-refractivity contribution < 1.29 is 14.3 Å². The van der Waals surface area contributed by atoms with E-state index in [-0.39, 0.29) is 6.61 Å². The van der Waals surface area contributed by atoms with Crippen LogP contribution in [0, 0.1) is 20.8 Å². The van der Waals surface area contributed by atoms with Gasteiger partial charge in [0.15, 0.2) is 6.61 Å². The summed E-state index contributed by atoms with van der Waals surface area (Å²) in [6.07, 6.45) is 1.63. The quantitative estimate of drug-likeness (QED) is 0.753. The van der Waals surface area contributed by atoms with Gasteiger partial charge in [0.25, 0.3) is 11.8 Å². The zero-order valence-electron chi connectivity index (χ0n) is 12.8. The van der Waals surface area contributed by atoms with Crippen molar-refractivity contribution >= 4 is 11.8 Å². The number of hydrogen-bond acceptors (Lipinski definition) is 3. The van der Waals surface area contributed by atoms with E-state index in [1.54, 1.807) is 18.3 Å². The van der Waals surface area contributed by atoms with Crippen molar-refractivity contribution in [3.63, 3.8) is 0 Å². The monoisotopic (exact) mass is 301 g/mol. The molecule has 2 rings (SSSR count). The third-order valence-corrected chi connectivity index (χ3v) is 3.11. The van der Waals surface area contributed by atoms with E-state index in [2.05, 4.69) is 15.8 Å². The Morgan fingerprint density at radius 1 is 1.14 bits per heavy atom. The molecule has 0 fully saturated rings. The molecule has 2 aromatic rings. The molecule has 0 aliphatic carbocycles. The molecule has 3 N–H and O–H groups in total. The zero-order valence-corrected chi connectivity index (χ0v) is 12.8. The number of aryl methyl sites for hydroxylation is 3. The van der Waals surface area contributed by atoms with Crippen LogP contribution in [0.3, 0.4) is 0 Å². The van der Waals surface area contributed by atoms with Crippen molar-refractivity contribution in [2.24, 2.45) is 0 Å². The van der Waals surface area contributed by atoms with Crippen molar-refractivity contribution in [3.05, 3.63) is 52.8 Å². The normalized spacial score (nSPS) is 10.1. The Balaban J connectivity index is 1.85. The van der Waals surface area contributed by atoms with Gasteiger partial charge >= 0.3 is 0 Å². The maximum absolute atomic E-state index is 11.7. The Morgan fingerprint density at radius 3 is 2.41 bits per heavy atom. The Morgan fingerprint density at radius 2 is 1.82 bits per heavy atom. The van der Waals surface area contributed by atoms with Gasteiger partial charge in [0, 0.05) is 6.20 Å². The van der Waals surface area contributed by atoms with Crippen molar-refractivity contribution in [3.8, 4) is 5.75 Å². The third kappa shape index (κ3) is 3.88. The minimum Gasteiger partial charge on any atom is -0.483 e. The summed E-state index contributed by atoms with van der Waals surface area (Å²) < 4.78 is 5.54. The fourth-order valence-electron chi connectivity index (χ4n) is 2.23. The first kappa shape index (κ1) is 15.6. The van der Waals surface area contributed by atoms with Gasteiger partial charge in [-0.2, -0.15) is 0 Å². The number of aromatic amines is 1. The first-order valence-electron chi connectivity index (χ1n) is 6.90. The molecular weight excluding hydrogens is 282 g/mol. The highest BCUT2D eigenvalue weighted by molar-refractivity contribution is 5.93. The standard InChI is InChI=1S/C16H19N3O3/c1-10-7-11(2)15(12(3)8-10)22-9-14(20)18-19-16(21)13-5-4-6-17-13/h4-8,17H,9H2,1-3H3,(H,18,20)(H,19,21). The number of H-pyrrole nitrogens is 1. The summed E-state index contributed by atoms with van der Waals surface area (Å²) in [7, 11) is 0. The molecule has 0 radical (unpaired) electrons. The third-order valence-electron chi connectivity index (χ3n) is 3.11. The van der Waals surface area contributed by atoms with Gasteiger partial charge in [-0.1, -0.05) is 17.7 Å². The van der Waals surface area contributed by atoms with Crippen molar-refractivity contribution in [1.82, 2.24) is 15.8 Å². The molecule has 0 spiro atoms. The molecule has 1 heterocycles. The molecule has 2 amide bonds. The van der Waals surface area contributed by atoms with E-state index in [1.807, 2.05) is 32.9 Å². The maximum atomic E-state index is 11.7. The molecular formula is C16H19N3O3. The summed E-state index contributed by atoms with van der Waals surface area (Å²) in [5, 5.41) is 0. The lowest BCUT2D eigenvalue weighted by atomic mass is 10.1. The number of carbonyl (C=O) groups excluding carboxylic acids is 2. The minimum absolute atomic E-state index is 0.171. The molecule has 0 unspecified atom stereocenters. The number of hydrogen-bond donors (Lipinski definition) is 3. The van der Waals surface area contributed by atoms with Crippen LogP contribution in [0.5, 0.6) is 5.75 Å². The first-order valence-corrected chi connectivity index (χ1v) is 6.90. The Kier molecular flexibility index (Phi) is 4.83. The van der Waals surface area contributed by atoms with E-state index < -0.39 is 11.8 Å². The van der Waals surface area contributed by atoms with Crippen LogP contribution in [0.25, 0.3) is 0 Å². The van der Waals surface area contributed by atoms with Crippen LogP contribution < -0.4 is 15.6 Å². The van der Waals surface area contributed by atoms with Gasteiger partial charge in [-0.15, -0.1) is 0 Å². The summed E-state index contributed by atoms with van der Waals surface area (Å²) in [5.41, 5.74) is 8.07. The van der Waals surface area contributed by atoms with Crippen LogP contribution in [-0.2, 0) is 4.79 Å². The predicted molar refractivity (Wildman–Crippen MR) is 82.5 cm³/mol. The first-order chi connectivity index (χ1) is 10.5. The molecule has 6 nitrogen and oxygen atoms in total. The topological polar surface area (TPSA) is 83.2 Å². The lowest BCUT2D eigenvalue weighted by Crippen LogP contribution is -2.44. The number of nitrogens with one attached hydrogen (secondary N) is 3. The van der Waals surface area contributed by atoms with E-state index in [1.165, 1.54) is 0 Å². The number of ether oxygens (including phenoxy) is 1. The molecule has 0 aliphatic rings. The van der Waals surface area contributed by atoms with Crippen molar-refractivity contribution in [2.45, 2.75) is 20.8 Å². The summed E-state index contributed by atoms with van der Waals surface area (Å²) in [4.78, 5) is 26.1. The SMILES string of the molecule is Cc1cc(C)c(OCC(=O)NNC(=O)c2ccc[nH]2)c(C)c1. The van der Waals surface area contributed by atoms with E-state index >= 15 is 0 Å². The van der Waals surface area contributed by atoms with Gasteiger partial charge in [0.1, 0.15) is 11.4 Å². The molecule has 0 aliphatic heterocycles. The van der Waals surface area contributed by atoms with E-state index in [0.29, 0.717) is 11.4 Å². The largest absolute Gasteiger partial charge is 0.483 e. The maximum Gasteiger partial charge on any atom is 0.286 e. The summed E-state index contributed by atoms with van der Waals surface area (Å²) in [5.74, 6) is -0.156. The molecule has 6 heteroatoms. The van der Waals surface area contributed by atoms with Crippen molar-refractivity contribution in [2.75, 3.05) is 6.61 Å². The van der Waals surface area contributed by atoms with E-state index in [0.717, 1.165) is 16.7 Å². The second-order valence-electron chi connectivity index (χ2n) is 5.10. The number of rotatable bonds is 4. The smallest absolute Gasteiger partial charge is 0.286 e. The van der Waals surface area contributed by atoms with Crippen LogP contribution in [-0.4, -0.2) is 23.4 Å². The van der Waals surface area contributed by atoms with Crippen molar-refractivity contribution in [1.29, 1.82) is 0 Å². The number of aromatic nitrogens is 1. The Labute approximate surface area is 128 Å². The van der Waals surface area contributed by atoms with Crippen LogP contribution >= 0.6 is 0 Å². The van der Waals surface area contributed by atoms with E-state index in [9.17, 15) is 9.59 Å². The number of carbonyl (C=O) groups is 2. The Hall–Kier alpha value is -2.76. The predicted octanol–water partition coefficient (Wildman–Crippen LogP) is 1.78. The fourth-order valence-corrected chi connectivity index (χ4v) is 2.23. The average Bonchev–Trinajstić information content (AvgIpc) is 2.97. The zero-order chi connectivity index (χ0) is 16.1. The second kappa shape index (κ2) is 6.80. The van der Waals surface area contributed by atoms with E-state index in [4.69, 9.17) is 4.74 Å². The summed E-state index contributed by atoms with van der Waals surface area (Å²) in [6, 6.07) is 7.29. The van der Waals surface area contributed by atoms with Gasteiger partial charge < -0.3 is 9.72 Å². The fraction of sp³-hybridized carbons (Fsp3) is 0.250. The van der Waals surface area contributed by atoms with Gasteiger partial charge in [-0.3, -0.25) is 20.4 Å². The van der Waals surface area contributed by atoms with Crippen LogP contribution in [0.4, 0.5) is 0 Å². The highest BCUT2D eigenvalue weighted by Crippen LogP contribution is 2.24. The number of benzene rings is 1. The highest BCUT2D eigenvalue weighted by atomic mass is 16.5. The van der Waals surface area contributed by atoms with Crippen LogP contribution in [0.2, 0.25) is 0 Å². The molecule has 0 saturated heterocycles. The van der Waals surface area contributed by atoms with Gasteiger partial charge in [0.2, 0.25) is 0 Å². The number of hydrazine groups is 1. The molecule has 1 aromatic carbocycles. The minimum atomic E-state index is -0.431. The van der Waals surface area contributed by atoms with Gasteiger partial charge in [-0.05, 0) is 44.0 Å². The van der Waals surface area contributed by atoms with Gasteiger partial charge in [0.05, 0.1) is 0 Å². The van der Waals surface area contributed by atoms with Crippen LogP contribution in [0.15, 0.2) is 30.5 Å². The summed E-state index contributed by atoms with van der Waals surface area (Å²) in [6.45, 7) is 5.70. The van der Waals surface area contributed by atoms with Gasteiger partial charge in [-0.25, -0.2) is 0 Å². The lowest BCUT2D eigenvalue weighted by Gasteiger charge is -2.13. The molecule has 116 valence electrons. The molecule has 22 heavy (non-hydrogen) atoms. The second-order valence-corrected chi connectivity index (χ2v) is 5.10. The lowest BCUT2D eigenvalue weighted by molar-refractivity contribution is -0.123.